The van der Waals surface area contributed by atoms with E-state index >= 15 is 0 Å². The van der Waals surface area contributed by atoms with Gasteiger partial charge in [0.25, 0.3) is 5.69 Å². The molecule has 64 valence electrons. The average molecular weight is 166 g/mol. The second-order valence-corrected chi connectivity index (χ2v) is 2.50. The first-order valence-corrected chi connectivity index (χ1v) is 3.68. The Bertz CT molecular complexity index is 310. The number of benzene rings is 1. The molecule has 0 atom stereocenters. The molecule has 4 heteroatoms. The first-order valence-electron chi connectivity index (χ1n) is 3.68. The smallest absolute Gasteiger partial charge is 0.292 e. The number of nitro groups is 1. The van der Waals surface area contributed by atoms with Gasteiger partial charge in [-0.05, 0) is 18.1 Å². The van der Waals surface area contributed by atoms with E-state index in [1.165, 1.54) is 6.07 Å². The minimum atomic E-state index is -0.477. The number of anilines is 1. The minimum Gasteiger partial charge on any atom is -0.393 e. The van der Waals surface area contributed by atoms with Gasteiger partial charge in [-0.3, -0.25) is 10.1 Å². The summed E-state index contributed by atoms with van der Waals surface area (Å²) in [5, 5.41) is 10.3. The van der Waals surface area contributed by atoms with Crippen LogP contribution in [0.25, 0.3) is 0 Å². The van der Waals surface area contributed by atoms with Gasteiger partial charge in [-0.25, -0.2) is 0 Å². The van der Waals surface area contributed by atoms with Crippen LogP contribution < -0.4 is 5.73 Å². The second-order valence-electron chi connectivity index (χ2n) is 2.50. The highest BCUT2D eigenvalue weighted by atomic mass is 16.6. The number of rotatable bonds is 2. The molecule has 0 radical (unpaired) electrons. The van der Waals surface area contributed by atoms with Crippen molar-refractivity contribution in [2.75, 3.05) is 5.73 Å². The second kappa shape index (κ2) is 3.21. The van der Waals surface area contributed by atoms with Gasteiger partial charge in [-0.2, -0.15) is 0 Å². The first kappa shape index (κ1) is 8.52. The average Bonchev–Trinajstić information content (AvgIpc) is 2.03. The Morgan fingerprint density at radius 3 is 2.67 bits per heavy atom. The Kier molecular flexibility index (Phi) is 2.28. The molecule has 0 saturated carbocycles. The molecular weight excluding hydrogens is 156 g/mol. The Morgan fingerprint density at radius 1 is 1.58 bits per heavy atom. The lowest BCUT2D eigenvalue weighted by Gasteiger charge is -1.99. The Balaban J connectivity index is 3.12. The van der Waals surface area contributed by atoms with Crippen LogP contribution in [0.15, 0.2) is 18.2 Å². The molecule has 0 saturated heterocycles. The third-order valence-corrected chi connectivity index (χ3v) is 1.70. The van der Waals surface area contributed by atoms with E-state index in [-0.39, 0.29) is 11.4 Å². The van der Waals surface area contributed by atoms with Gasteiger partial charge in [-0.1, -0.05) is 13.0 Å². The highest BCUT2D eigenvalue weighted by molar-refractivity contribution is 5.59. The van der Waals surface area contributed by atoms with E-state index in [0.717, 1.165) is 12.0 Å². The molecule has 0 heterocycles. The molecule has 4 nitrogen and oxygen atoms in total. The van der Waals surface area contributed by atoms with Gasteiger partial charge >= 0.3 is 0 Å². The van der Waals surface area contributed by atoms with Crippen LogP contribution in [0.1, 0.15) is 12.5 Å². The van der Waals surface area contributed by atoms with Crippen LogP contribution in [-0.4, -0.2) is 4.92 Å². The van der Waals surface area contributed by atoms with Crippen LogP contribution in [0.3, 0.4) is 0 Å². The summed E-state index contributed by atoms with van der Waals surface area (Å²) in [6.45, 7) is 1.97. The van der Waals surface area contributed by atoms with Gasteiger partial charge in [0.15, 0.2) is 0 Å². The predicted molar refractivity (Wildman–Crippen MR) is 46.9 cm³/mol. The summed E-state index contributed by atoms with van der Waals surface area (Å²) in [5.74, 6) is 0. The number of hydrogen-bond acceptors (Lipinski definition) is 3. The van der Waals surface area contributed by atoms with Crippen molar-refractivity contribution in [3.8, 4) is 0 Å². The van der Waals surface area contributed by atoms with E-state index < -0.39 is 4.92 Å². The van der Waals surface area contributed by atoms with E-state index in [0.29, 0.717) is 0 Å². The molecule has 1 rings (SSSR count). The standard InChI is InChI=1S/C8H10N2O2/c1-2-6-3-4-8(10(11)12)7(9)5-6/h3-5H,2,9H2,1H3. The maximum absolute atomic E-state index is 10.3. The molecule has 0 bridgehead atoms. The fourth-order valence-electron chi connectivity index (χ4n) is 0.990. The zero-order valence-corrected chi connectivity index (χ0v) is 6.78. The number of nitrogens with zero attached hydrogens (tertiary/aromatic N) is 1. The van der Waals surface area contributed by atoms with Gasteiger partial charge in [0.05, 0.1) is 4.92 Å². The van der Waals surface area contributed by atoms with Crippen molar-refractivity contribution in [3.63, 3.8) is 0 Å². The normalized spacial score (nSPS) is 9.75. The van der Waals surface area contributed by atoms with E-state index in [2.05, 4.69) is 0 Å². The van der Waals surface area contributed by atoms with Crippen molar-refractivity contribution in [3.05, 3.63) is 33.9 Å². The summed E-state index contributed by atoms with van der Waals surface area (Å²) in [6.07, 6.45) is 0.836. The van der Waals surface area contributed by atoms with Crippen LogP contribution in [0, 0.1) is 10.1 Å². The molecule has 12 heavy (non-hydrogen) atoms. The molecule has 1 aromatic carbocycles. The quantitative estimate of drug-likeness (QED) is 0.413. The number of nitro benzene ring substituents is 1. The molecule has 0 amide bonds. The van der Waals surface area contributed by atoms with E-state index in [9.17, 15) is 10.1 Å². The number of aryl methyl sites for hydroxylation is 1. The first-order chi connectivity index (χ1) is 5.65. The van der Waals surface area contributed by atoms with Crippen molar-refractivity contribution in [2.45, 2.75) is 13.3 Å². The van der Waals surface area contributed by atoms with Gasteiger partial charge < -0.3 is 5.73 Å². The fourth-order valence-corrected chi connectivity index (χ4v) is 0.990. The van der Waals surface area contributed by atoms with Crippen LogP contribution in [0.5, 0.6) is 0 Å². The summed E-state index contributed by atoms with van der Waals surface area (Å²) in [5.41, 5.74) is 6.68. The third-order valence-electron chi connectivity index (χ3n) is 1.70. The highest BCUT2D eigenvalue weighted by Gasteiger charge is 2.09. The SMILES string of the molecule is CCc1ccc([N+](=O)[O-])c(N)c1. The number of hydrogen-bond donors (Lipinski definition) is 1. The minimum absolute atomic E-state index is 0.0211. The molecular formula is C8H10N2O2. The zero-order chi connectivity index (χ0) is 9.14. The molecule has 2 N–H and O–H groups in total. The summed E-state index contributed by atoms with van der Waals surface area (Å²) < 4.78 is 0. The molecule has 0 aromatic heterocycles. The molecule has 0 aliphatic carbocycles. The van der Waals surface area contributed by atoms with Crippen LogP contribution in [0.2, 0.25) is 0 Å². The Hall–Kier alpha value is -1.58. The fraction of sp³-hybridized carbons (Fsp3) is 0.250. The predicted octanol–water partition coefficient (Wildman–Crippen LogP) is 1.74. The van der Waals surface area contributed by atoms with Crippen LogP contribution in [0.4, 0.5) is 11.4 Å². The van der Waals surface area contributed by atoms with E-state index in [4.69, 9.17) is 5.73 Å². The molecule has 0 fully saturated rings. The zero-order valence-electron chi connectivity index (χ0n) is 6.78. The lowest BCUT2D eigenvalue weighted by molar-refractivity contribution is -0.383. The van der Waals surface area contributed by atoms with E-state index in [1.54, 1.807) is 12.1 Å². The van der Waals surface area contributed by atoms with Crippen molar-refractivity contribution in [1.82, 2.24) is 0 Å². The van der Waals surface area contributed by atoms with Crippen LogP contribution in [-0.2, 0) is 6.42 Å². The maximum atomic E-state index is 10.3. The summed E-state index contributed by atoms with van der Waals surface area (Å²) in [7, 11) is 0. The van der Waals surface area contributed by atoms with Gasteiger partial charge in [0.2, 0.25) is 0 Å². The molecule has 0 spiro atoms. The molecule has 0 unspecified atom stereocenters. The maximum Gasteiger partial charge on any atom is 0.292 e. The van der Waals surface area contributed by atoms with Crippen molar-refractivity contribution in [1.29, 1.82) is 0 Å². The topological polar surface area (TPSA) is 69.2 Å². The highest BCUT2D eigenvalue weighted by Crippen LogP contribution is 2.21. The number of nitrogen functional groups attached to an aromatic ring is 1. The molecule has 0 aliphatic heterocycles. The molecule has 1 aromatic rings. The summed E-state index contributed by atoms with van der Waals surface area (Å²) in [4.78, 5) is 9.87. The largest absolute Gasteiger partial charge is 0.393 e. The summed E-state index contributed by atoms with van der Waals surface area (Å²) >= 11 is 0. The van der Waals surface area contributed by atoms with Crippen molar-refractivity contribution >= 4 is 11.4 Å². The van der Waals surface area contributed by atoms with E-state index in [1.807, 2.05) is 6.92 Å². The Labute approximate surface area is 70.2 Å². The van der Waals surface area contributed by atoms with Crippen molar-refractivity contribution < 1.29 is 4.92 Å². The van der Waals surface area contributed by atoms with Crippen molar-refractivity contribution in [2.24, 2.45) is 0 Å². The van der Waals surface area contributed by atoms with Gasteiger partial charge in [-0.15, -0.1) is 0 Å². The summed E-state index contributed by atoms with van der Waals surface area (Å²) in [6, 6.07) is 4.79. The Morgan fingerprint density at radius 2 is 2.25 bits per heavy atom. The van der Waals surface area contributed by atoms with Crippen LogP contribution >= 0.6 is 0 Å². The van der Waals surface area contributed by atoms with Gasteiger partial charge in [0, 0.05) is 6.07 Å². The molecule has 0 aliphatic rings. The monoisotopic (exact) mass is 166 g/mol. The lowest BCUT2D eigenvalue weighted by Crippen LogP contribution is -1.96. The lowest BCUT2D eigenvalue weighted by atomic mass is 10.1. The third kappa shape index (κ3) is 1.53. The number of nitrogens with two attached hydrogens (primary N) is 1. The van der Waals surface area contributed by atoms with Gasteiger partial charge in [0.1, 0.15) is 5.69 Å².